The van der Waals surface area contributed by atoms with Gasteiger partial charge in [-0.15, -0.1) is 0 Å². The number of hydrogen-bond donors (Lipinski definition) is 2. The summed E-state index contributed by atoms with van der Waals surface area (Å²) in [5, 5.41) is 19.7. The van der Waals surface area contributed by atoms with E-state index >= 15 is 0 Å². The van der Waals surface area contributed by atoms with E-state index in [1.165, 1.54) is 0 Å². The molecule has 0 spiro atoms. The highest BCUT2D eigenvalue weighted by atomic mass is 32.2. The second-order valence-corrected chi connectivity index (χ2v) is 4.15. The summed E-state index contributed by atoms with van der Waals surface area (Å²) in [5.74, 6) is -0.437. The molecule has 1 rings (SSSR count). The fourth-order valence-electron chi connectivity index (χ4n) is 1.14. The molecule has 8 heteroatoms. The summed E-state index contributed by atoms with van der Waals surface area (Å²) in [6.07, 6.45) is 0. The average Bonchev–Trinajstić information content (AvgIpc) is 2.06. The van der Waals surface area contributed by atoms with Crippen molar-refractivity contribution >= 4 is 15.8 Å². The van der Waals surface area contributed by atoms with E-state index in [1.807, 2.05) is 0 Å². The van der Waals surface area contributed by atoms with E-state index in [0.29, 0.717) is 0 Å². The van der Waals surface area contributed by atoms with Gasteiger partial charge in [0.2, 0.25) is 0 Å². The van der Waals surface area contributed by atoms with E-state index in [2.05, 4.69) is 0 Å². The molecule has 0 saturated heterocycles. The lowest BCUT2D eigenvalue weighted by Crippen LogP contribution is -2.05. The molecule has 0 saturated carbocycles. The van der Waals surface area contributed by atoms with Crippen LogP contribution >= 0.6 is 0 Å². The van der Waals surface area contributed by atoms with Crippen LogP contribution in [0, 0.1) is 17.0 Å². The van der Waals surface area contributed by atoms with Crippen molar-refractivity contribution < 1.29 is 23.0 Å². The second kappa shape index (κ2) is 3.48. The predicted octanol–water partition coefficient (Wildman–Crippen LogP) is 0.856. The molecule has 0 radical (unpaired) electrons. The Kier molecular flexibility index (Phi) is 2.65. The van der Waals surface area contributed by atoms with Crippen LogP contribution in [0.25, 0.3) is 0 Å². The van der Waals surface area contributed by atoms with Crippen LogP contribution in [0.1, 0.15) is 5.56 Å². The highest BCUT2D eigenvalue weighted by Crippen LogP contribution is 2.32. The molecule has 15 heavy (non-hydrogen) atoms. The van der Waals surface area contributed by atoms with Gasteiger partial charge in [-0.3, -0.25) is 14.7 Å². The molecule has 0 amide bonds. The van der Waals surface area contributed by atoms with Crippen molar-refractivity contribution in [2.24, 2.45) is 0 Å². The van der Waals surface area contributed by atoms with E-state index in [-0.39, 0.29) is 5.56 Å². The third-order valence-corrected chi connectivity index (χ3v) is 2.84. The van der Waals surface area contributed by atoms with E-state index in [9.17, 15) is 23.6 Å². The maximum absolute atomic E-state index is 10.9. The maximum atomic E-state index is 10.9. The third kappa shape index (κ3) is 2.05. The predicted molar refractivity (Wildman–Crippen MR) is 49.3 cm³/mol. The molecule has 0 aliphatic heterocycles. The van der Waals surface area contributed by atoms with Gasteiger partial charge < -0.3 is 5.11 Å². The minimum Gasteiger partial charge on any atom is -0.508 e. The van der Waals surface area contributed by atoms with Crippen LogP contribution in [0.15, 0.2) is 17.0 Å². The number of aromatic hydroxyl groups is 1. The molecular weight excluding hydrogens is 226 g/mol. The first-order chi connectivity index (χ1) is 6.75. The lowest BCUT2D eigenvalue weighted by atomic mass is 10.2. The summed E-state index contributed by atoms with van der Waals surface area (Å²) in [5.41, 5.74) is -1.03. The van der Waals surface area contributed by atoms with E-state index in [0.717, 1.165) is 19.1 Å². The normalized spacial score (nSPS) is 11.3. The molecule has 0 aliphatic rings. The zero-order chi connectivity index (χ0) is 11.8. The van der Waals surface area contributed by atoms with Gasteiger partial charge in [0, 0.05) is 11.6 Å². The Balaban J connectivity index is 3.72. The lowest BCUT2D eigenvalue weighted by Gasteiger charge is -2.04. The summed E-state index contributed by atoms with van der Waals surface area (Å²) in [6, 6.07) is 1.80. The minimum absolute atomic E-state index is 0.258. The Morgan fingerprint density at radius 1 is 1.40 bits per heavy atom. The maximum Gasteiger partial charge on any atom is 0.301 e. The number of rotatable bonds is 2. The summed E-state index contributed by atoms with van der Waals surface area (Å²) < 4.78 is 30.5. The van der Waals surface area contributed by atoms with Gasteiger partial charge >= 0.3 is 10.1 Å². The summed E-state index contributed by atoms with van der Waals surface area (Å²) in [7, 11) is -4.73. The number of nitro groups is 1. The topological polar surface area (TPSA) is 118 Å². The first-order valence-corrected chi connectivity index (χ1v) is 5.13. The number of nitrogens with zero attached hydrogens (tertiary/aromatic N) is 1. The number of phenolic OH excluding ortho intramolecular Hbond substituents is 1. The van der Waals surface area contributed by atoms with Crippen molar-refractivity contribution in [1.82, 2.24) is 0 Å². The Hall–Kier alpha value is -1.67. The molecule has 1 aromatic rings. The van der Waals surface area contributed by atoms with Gasteiger partial charge in [-0.2, -0.15) is 8.42 Å². The van der Waals surface area contributed by atoms with Crippen molar-refractivity contribution in [1.29, 1.82) is 0 Å². The molecule has 0 bridgehead atoms. The largest absolute Gasteiger partial charge is 0.508 e. The quantitative estimate of drug-likeness (QED) is 0.444. The van der Waals surface area contributed by atoms with Gasteiger partial charge in [0.25, 0.3) is 5.69 Å². The number of nitro benzene ring substituents is 1. The number of benzene rings is 1. The van der Waals surface area contributed by atoms with Crippen LogP contribution in [0.5, 0.6) is 5.75 Å². The third-order valence-electron chi connectivity index (χ3n) is 1.81. The van der Waals surface area contributed by atoms with E-state index < -0.39 is 31.4 Å². The van der Waals surface area contributed by atoms with Gasteiger partial charge in [0.15, 0.2) is 4.90 Å². The Labute approximate surface area is 84.9 Å². The highest BCUT2D eigenvalue weighted by Gasteiger charge is 2.27. The van der Waals surface area contributed by atoms with Crippen LogP contribution < -0.4 is 0 Å². The Morgan fingerprint density at radius 2 is 1.93 bits per heavy atom. The smallest absolute Gasteiger partial charge is 0.301 e. The van der Waals surface area contributed by atoms with Gasteiger partial charge in [-0.1, -0.05) is 0 Å². The molecule has 82 valence electrons. The van der Waals surface area contributed by atoms with Crippen molar-refractivity contribution in [2.75, 3.05) is 0 Å². The van der Waals surface area contributed by atoms with Crippen LogP contribution in [-0.2, 0) is 10.1 Å². The summed E-state index contributed by atoms with van der Waals surface area (Å²) >= 11 is 0. The van der Waals surface area contributed by atoms with Crippen LogP contribution in [-0.4, -0.2) is 23.0 Å². The zero-order valence-electron chi connectivity index (χ0n) is 7.54. The fourth-order valence-corrected chi connectivity index (χ4v) is 2.03. The van der Waals surface area contributed by atoms with Crippen LogP contribution in [0.2, 0.25) is 0 Å². The molecule has 0 fully saturated rings. The van der Waals surface area contributed by atoms with Gasteiger partial charge in [-0.05, 0) is 13.0 Å². The Morgan fingerprint density at radius 3 is 2.33 bits per heavy atom. The number of phenols is 1. The second-order valence-electron chi connectivity index (χ2n) is 2.79. The van der Waals surface area contributed by atoms with Crippen molar-refractivity contribution in [3.8, 4) is 5.75 Å². The molecule has 1 aromatic carbocycles. The zero-order valence-corrected chi connectivity index (χ0v) is 8.35. The summed E-state index contributed by atoms with van der Waals surface area (Å²) in [4.78, 5) is 8.65. The lowest BCUT2D eigenvalue weighted by molar-refractivity contribution is -0.388. The van der Waals surface area contributed by atoms with Crippen molar-refractivity contribution in [3.63, 3.8) is 0 Å². The van der Waals surface area contributed by atoms with E-state index in [4.69, 9.17) is 4.55 Å². The molecule has 0 heterocycles. The van der Waals surface area contributed by atoms with Gasteiger partial charge in [0.05, 0.1) is 4.92 Å². The Bertz CT molecular complexity index is 521. The van der Waals surface area contributed by atoms with Crippen molar-refractivity contribution in [3.05, 3.63) is 27.8 Å². The molecule has 0 aliphatic carbocycles. The average molecular weight is 233 g/mol. The van der Waals surface area contributed by atoms with Crippen molar-refractivity contribution in [2.45, 2.75) is 11.8 Å². The van der Waals surface area contributed by atoms with Crippen LogP contribution in [0.4, 0.5) is 5.69 Å². The monoisotopic (exact) mass is 233 g/mol. The molecule has 0 atom stereocenters. The molecular formula is C7H7NO6S. The summed E-state index contributed by atoms with van der Waals surface area (Å²) in [6.45, 7) is 1.16. The highest BCUT2D eigenvalue weighted by molar-refractivity contribution is 7.86. The van der Waals surface area contributed by atoms with Crippen LogP contribution in [0.3, 0.4) is 0 Å². The first kappa shape index (κ1) is 11.4. The molecule has 2 N–H and O–H groups in total. The van der Waals surface area contributed by atoms with E-state index in [1.54, 1.807) is 0 Å². The molecule has 7 nitrogen and oxygen atoms in total. The minimum atomic E-state index is -4.73. The fraction of sp³-hybridized carbons (Fsp3) is 0.143. The van der Waals surface area contributed by atoms with Gasteiger partial charge in [0.1, 0.15) is 5.75 Å². The number of hydrogen-bond acceptors (Lipinski definition) is 5. The first-order valence-electron chi connectivity index (χ1n) is 3.69. The molecule has 0 unspecified atom stereocenters. The SMILES string of the molecule is Cc1c(O)ccc([N+](=O)[O-])c1S(=O)(=O)O. The van der Waals surface area contributed by atoms with Gasteiger partial charge in [-0.25, -0.2) is 0 Å². The standard InChI is InChI=1S/C7H7NO6S/c1-4-6(9)3-2-5(8(10)11)7(4)15(12,13)14/h2-3,9H,1H3,(H,12,13,14). The molecule has 0 aromatic heterocycles.